The molecular formula is C18H18N4O3S. The van der Waals surface area contributed by atoms with Crippen LogP contribution in [0.25, 0.3) is 11.5 Å². The van der Waals surface area contributed by atoms with Gasteiger partial charge in [0.05, 0.1) is 17.7 Å². The summed E-state index contributed by atoms with van der Waals surface area (Å²) >= 11 is 1.45. The molecule has 26 heavy (non-hydrogen) atoms. The number of thiazole rings is 1. The van der Waals surface area contributed by atoms with Gasteiger partial charge in [0.1, 0.15) is 11.3 Å². The van der Waals surface area contributed by atoms with Crippen molar-refractivity contribution in [3.63, 3.8) is 0 Å². The lowest BCUT2D eigenvalue weighted by atomic mass is 10.1. The highest BCUT2D eigenvalue weighted by atomic mass is 32.1. The van der Waals surface area contributed by atoms with Crippen LogP contribution in [0, 0.1) is 6.92 Å². The van der Waals surface area contributed by atoms with Gasteiger partial charge in [0, 0.05) is 11.6 Å². The molecule has 2 heterocycles. The van der Waals surface area contributed by atoms with Crippen LogP contribution < -0.4 is 10.9 Å². The Bertz CT molecular complexity index is 952. The lowest BCUT2D eigenvalue weighted by molar-refractivity contribution is 0.0914. The summed E-state index contributed by atoms with van der Waals surface area (Å²) in [4.78, 5) is 35.6. The van der Waals surface area contributed by atoms with Crippen molar-refractivity contribution in [3.05, 3.63) is 68.4 Å². The number of aromatic amines is 1. The van der Waals surface area contributed by atoms with E-state index in [4.69, 9.17) is 0 Å². The molecule has 1 aromatic carbocycles. The van der Waals surface area contributed by atoms with Crippen molar-refractivity contribution in [2.45, 2.75) is 19.4 Å². The minimum absolute atomic E-state index is 0.104. The number of benzene rings is 1. The topological polar surface area (TPSA) is 108 Å². The molecule has 0 aliphatic carbocycles. The van der Waals surface area contributed by atoms with E-state index in [1.54, 1.807) is 5.38 Å². The van der Waals surface area contributed by atoms with Gasteiger partial charge in [-0.05, 0) is 18.9 Å². The predicted molar refractivity (Wildman–Crippen MR) is 99.2 cm³/mol. The number of aliphatic hydroxyl groups excluding tert-OH is 1. The summed E-state index contributed by atoms with van der Waals surface area (Å²) in [5.41, 5.74) is 0.892. The number of aromatic nitrogens is 3. The highest BCUT2D eigenvalue weighted by Crippen LogP contribution is 2.16. The second-order valence-electron chi connectivity index (χ2n) is 5.77. The Kier molecular flexibility index (Phi) is 5.55. The molecule has 0 radical (unpaired) electrons. The van der Waals surface area contributed by atoms with Gasteiger partial charge in [-0.2, -0.15) is 0 Å². The summed E-state index contributed by atoms with van der Waals surface area (Å²) in [7, 11) is 0. The average Bonchev–Trinajstić information content (AvgIpc) is 3.08. The van der Waals surface area contributed by atoms with E-state index in [9.17, 15) is 14.7 Å². The van der Waals surface area contributed by atoms with E-state index < -0.39 is 17.5 Å². The van der Waals surface area contributed by atoms with Crippen molar-refractivity contribution >= 4 is 17.2 Å². The van der Waals surface area contributed by atoms with Crippen molar-refractivity contribution in [1.82, 2.24) is 20.3 Å². The van der Waals surface area contributed by atoms with E-state index in [0.717, 1.165) is 10.6 Å². The van der Waals surface area contributed by atoms with E-state index in [1.165, 1.54) is 17.5 Å². The molecule has 8 heteroatoms. The Balaban J connectivity index is 1.73. The van der Waals surface area contributed by atoms with E-state index in [0.29, 0.717) is 17.9 Å². The highest BCUT2D eigenvalue weighted by Gasteiger charge is 2.17. The van der Waals surface area contributed by atoms with Gasteiger partial charge in [0.2, 0.25) is 0 Å². The van der Waals surface area contributed by atoms with Crippen LogP contribution in [-0.4, -0.2) is 38.6 Å². The molecule has 0 aliphatic rings. The second-order valence-corrected chi connectivity index (χ2v) is 6.83. The molecule has 0 aliphatic heterocycles. The molecule has 2 aromatic heterocycles. The molecule has 0 unspecified atom stereocenters. The number of carbonyl (C=O) groups is 1. The first-order chi connectivity index (χ1) is 12.6. The van der Waals surface area contributed by atoms with Gasteiger partial charge in [-0.1, -0.05) is 30.3 Å². The number of nitrogens with one attached hydrogen (secondary N) is 2. The van der Waals surface area contributed by atoms with Crippen LogP contribution in [0.3, 0.4) is 0 Å². The molecule has 134 valence electrons. The largest absolute Gasteiger partial charge is 0.394 e. The number of nitrogens with zero attached hydrogens (tertiary/aromatic N) is 2. The maximum Gasteiger partial charge on any atom is 0.264 e. The molecule has 7 nitrogen and oxygen atoms in total. The molecule has 0 bridgehead atoms. The fourth-order valence-electron chi connectivity index (χ4n) is 2.48. The SMILES string of the molecule is Cc1nc(-c2ncc(C(=O)N[C@H](CO)Cc3ccccc3)c(=O)[nH]2)cs1. The van der Waals surface area contributed by atoms with Gasteiger partial charge in [-0.25, -0.2) is 9.97 Å². The fourth-order valence-corrected chi connectivity index (χ4v) is 3.08. The van der Waals surface area contributed by atoms with Crippen LogP contribution >= 0.6 is 11.3 Å². The molecular weight excluding hydrogens is 352 g/mol. The van der Waals surface area contributed by atoms with E-state index in [1.807, 2.05) is 37.3 Å². The van der Waals surface area contributed by atoms with Gasteiger partial charge in [0.25, 0.3) is 11.5 Å². The van der Waals surface area contributed by atoms with Gasteiger partial charge in [-0.15, -0.1) is 11.3 Å². The number of hydrogen-bond donors (Lipinski definition) is 3. The number of H-pyrrole nitrogens is 1. The third kappa shape index (κ3) is 4.22. The van der Waals surface area contributed by atoms with E-state index in [2.05, 4.69) is 20.3 Å². The van der Waals surface area contributed by atoms with Gasteiger partial charge >= 0.3 is 0 Å². The summed E-state index contributed by atoms with van der Waals surface area (Å²) < 4.78 is 0. The average molecular weight is 370 g/mol. The molecule has 0 saturated carbocycles. The minimum atomic E-state index is -0.574. The van der Waals surface area contributed by atoms with Gasteiger partial charge < -0.3 is 15.4 Å². The van der Waals surface area contributed by atoms with Gasteiger partial charge in [0.15, 0.2) is 5.82 Å². The molecule has 3 rings (SSSR count). The predicted octanol–water partition coefficient (Wildman–Crippen LogP) is 1.54. The smallest absolute Gasteiger partial charge is 0.264 e. The molecule has 3 aromatic rings. The highest BCUT2D eigenvalue weighted by molar-refractivity contribution is 7.09. The first-order valence-corrected chi connectivity index (χ1v) is 8.92. The van der Waals surface area contributed by atoms with Crippen LogP contribution in [0.2, 0.25) is 0 Å². The van der Waals surface area contributed by atoms with Crippen LogP contribution in [0.15, 0.2) is 46.7 Å². The standard InChI is InChI=1S/C18H18N4O3S/c1-11-20-15(10-26-11)16-19-8-14(18(25)22-16)17(24)21-13(9-23)7-12-5-3-2-4-6-12/h2-6,8,10,13,23H,7,9H2,1H3,(H,21,24)(H,19,22,25)/t13-/m0/s1. The lowest BCUT2D eigenvalue weighted by Crippen LogP contribution is -2.41. The maximum absolute atomic E-state index is 12.4. The van der Waals surface area contributed by atoms with Crippen molar-refractivity contribution < 1.29 is 9.90 Å². The van der Waals surface area contributed by atoms with Crippen molar-refractivity contribution in [3.8, 4) is 11.5 Å². The fraction of sp³-hybridized carbons (Fsp3) is 0.222. The Morgan fingerprint density at radius 3 is 2.73 bits per heavy atom. The quantitative estimate of drug-likeness (QED) is 0.610. The summed E-state index contributed by atoms with van der Waals surface area (Å²) in [5, 5.41) is 14.8. The normalized spacial score (nSPS) is 11.9. The maximum atomic E-state index is 12.4. The van der Waals surface area contributed by atoms with Crippen LogP contribution in [0.5, 0.6) is 0 Å². The van der Waals surface area contributed by atoms with E-state index in [-0.39, 0.29) is 12.2 Å². The molecule has 1 amide bonds. The summed E-state index contributed by atoms with van der Waals surface area (Å²) in [6.45, 7) is 1.62. The number of amides is 1. The monoisotopic (exact) mass is 370 g/mol. The number of aliphatic hydroxyl groups is 1. The first kappa shape index (κ1) is 18.0. The Morgan fingerprint density at radius 2 is 2.12 bits per heavy atom. The zero-order valence-corrected chi connectivity index (χ0v) is 14.9. The first-order valence-electron chi connectivity index (χ1n) is 8.04. The number of carbonyl (C=O) groups excluding carboxylic acids is 1. The number of hydrogen-bond acceptors (Lipinski definition) is 6. The van der Waals surface area contributed by atoms with Crippen LogP contribution in [0.1, 0.15) is 20.9 Å². The minimum Gasteiger partial charge on any atom is -0.394 e. The number of rotatable bonds is 6. The number of aryl methyl sites for hydroxylation is 1. The van der Waals surface area contributed by atoms with Crippen LogP contribution in [0.4, 0.5) is 0 Å². The second kappa shape index (κ2) is 8.03. The molecule has 3 N–H and O–H groups in total. The Hall–Kier alpha value is -2.84. The third-order valence-corrected chi connectivity index (χ3v) is 4.56. The Labute approximate surface area is 153 Å². The third-order valence-electron chi connectivity index (χ3n) is 3.79. The van der Waals surface area contributed by atoms with Crippen molar-refractivity contribution in [2.24, 2.45) is 0 Å². The zero-order chi connectivity index (χ0) is 18.5. The summed E-state index contributed by atoms with van der Waals surface area (Å²) in [6.07, 6.45) is 1.69. The lowest BCUT2D eigenvalue weighted by Gasteiger charge is -2.16. The molecule has 0 fully saturated rings. The molecule has 1 atom stereocenters. The molecule has 0 saturated heterocycles. The summed E-state index contributed by atoms with van der Waals surface area (Å²) in [5.74, 6) is -0.256. The summed E-state index contributed by atoms with van der Waals surface area (Å²) in [6, 6.07) is 9.00. The van der Waals surface area contributed by atoms with Gasteiger partial charge in [-0.3, -0.25) is 9.59 Å². The molecule has 0 spiro atoms. The van der Waals surface area contributed by atoms with Crippen molar-refractivity contribution in [2.75, 3.05) is 6.61 Å². The van der Waals surface area contributed by atoms with E-state index >= 15 is 0 Å². The Morgan fingerprint density at radius 1 is 1.35 bits per heavy atom. The van der Waals surface area contributed by atoms with Crippen LogP contribution in [-0.2, 0) is 6.42 Å². The van der Waals surface area contributed by atoms with Crippen molar-refractivity contribution in [1.29, 1.82) is 0 Å². The zero-order valence-electron chi connectivity index (χ0n) is 14.1.